The van der Waals surface area contributed by atoms with Crippen molar-refractivity contribution in [2.24, 2.45) is 0 Å². The molecule has 0 radical (unpaired) electrons. The minimum absolute atomic E-state index is 0.173. The van der Waals surface area contributed by atoms with Crippen LogP contribution >= 0.6 is 0 Å². The summed E-state index contributed by atoms with van der Waals surface area (Å²) in [5.41, 5.74) is -0.963. The molecule has 1 N–H and O–H groups in total. The average molecular weight is 284 g/mol. The molecule has 0 spiro atoms. The topological polar surface area (TPSA) is 41.6 Å². The van der Waals surface area contributed by atoms with Gasteiger partial charge in [-0.1, -0.05) is 6.92 Å². The smallest absolute Gasteiger partial charge is 0.401 e. The molecule has 0 amide bonds. The number of likely N-dealkylation sites (N-methyl/N-ethyl adjacent to an activating group) is 1. The number of halogens is 3. The second-order valence-electron chi connectivity index (χ2n) is 4.54. The second-order valence-corrected chi connectivity index (χ2v) is 4.54. The van der Waals surface area contributed by atoms with Gasteiger partial charge in [-0.2, -0.15) is 13.2 Å². The third-order valence-electron chi connectivity index (χ3n) is 3.06. The van der Waals surface area contributed by atoms with Gasteiger partial charge in [0.25, 0.3) is 0 Å². The van der Waals surface area contributed by atoms with Gasteiger partial charge in [0.2, 0.25) is 0 Å². The minimum Gasteiger partial charge on any atom is -0.465 e. The monoisotopic (exact) mass is 284 g/mol. The van der Waals surface area contributed by atoms with Gasteiger partial charge in [-0.25, -0.2) is 0 Å². The Kier molecular flexibility index (Phi) is 7.36. The molecule has 19 heavy (non-hydrogen) atoms. The van der Waals surface area contributed by atoms with Gasteiger partial charge in [0.1, 0.15) is 5.54 Å². The zero-order chi connectivity index (χ0) is 15.1. The van der Waals surface area contributed by atoms with Crippen LogP contribution in [0.25, 0.3) is 0 Å². The summed E-state index contributed by atoms with van der Waals surface area (Å²) in [6.07, 6.45) is -3.97. The Morgan fingerprint density at radius 1 is 1.32 bits per heavy atom. The number of nitrogens with one attached hydrogen (secondary N) is 1. The standard InChI is InChI=1S/C12H23F3N2O2/c1-5-17(9-12(13,14)15)8-7-11(3,16-4)10(18)19-6-2/h16H,5-9H2,1-4H3. The number of alkyl halides is 3. The molecule has 7 heteroatoms. The minimum atomic E-state index is -4.23. The Bertz CT molecular complexity index is 285. The van der Waals surface area contributed by atoms with Crippen LogP contribution in [0.3, 0.4) is 0 Å². The number of carbonyl (C=O) groups is 1. The summed E-state index contributed by atoms with van der Waals surface area (Å²) in [7, 11) is 1.59. The van der Waals surface area contributed by atoms with E-state index in [1.54, 1.807) is 27.8 Å². The number of hydrogen-bond donors (Lipinski definition) is 1. The van der Waals surface area contributed by atoms with Crippen LogP contribution in [0, 0.1) is 0 Å². The molecule has 0 rings (SSSR count). The van der Waals surface area contributed by atoms with E-state index in [9.17, 15) is 18.0 Å². The zero-order valence-corrected chi connectivity index (χ0v) is 11.9. The molecule has 1 atom stereocenters. The first kappa shape index (κ1) is 18.2. The Hall–Kier alpha value is -0.820. The van der Waals surface area contributed by atoms with Crippen molar-refractivity contribution in [1.82, 2.24) is 10.2 Å². The molecule has 114 valence electrons. The lowest BCUT2D eigenvalue weighted by atomic mass is 9.98. The highest BCUT2D eigenvalue weighted by Gasteiger charge is 2.35. The Morgan fingerprint density at radius 2 is 1.89 bits per heavy atom. The first-order valence-electron chi connectivity index (χ1n) is 6.33. The highest BCUT2D eigenvalue weighted by Crippen LogP contribution is 2.18. The summed E-state index contributed by atoms with van der Waals surface area (Å²) < 4.78 is 41.9. The highest BCUT2D eigenvalue weighted by atomic mass is 19.4. The summed E-state index contributed by atoms with van der Waals surface area (Å²) in [6.45, 7) is 4.71. The normalized spacial score (nSPS) is 15.4. The van der Waals surface area contributed by atoms with Gasteiger partial charge in [0.05, 0.1) is 13.2 Å². The zero-order valence-electron chi connectivity index (χ0n) is 11.9. The molecule has 0 aliphatic carbocycles. The van der Waals surface area contributed by atoms with Crippen molar-refractivity contribution in [3.05, 3.63) is 0 Å². The lowest BCUT2D eigenvalue weighted by Crippen LogP contribution is -2.51. The van der Waals surface area contributed by atoms with E-state index in [-0.39, 0.29) is 26.1 Å². The van der Waals surface area contributed by atoms with Gasteiger partial charge in [-0.3, -0.25) is 9.69 Å². The molecular formula is C12H23F3N2O2. The largest absolute Gasteiger partial charge is 0.465 e. The molecular weight excluding hydrogens is 261 g/mol. The summed E-state index contributed by atoms with van der Waals surface area (Å²) in [5, 5.41) is 2.82. The van der Waals surface area contributed by atoms with Crippen LogP contribution in [0.15, 0.2) is 0 Å². The van der Waals surface area contributed by atoms with Crippen LogP contribution in [0.1, 0.15) is 27.2 Å². The molecule has 0 heterocycles. The maximum atomic E-state index is 12.3. The van der Waals surface area contributed by atoms with Gasteiger partial charge in [0.15, 0.2) is 0 Å². The van der Waals surface area contributed by atoms with Crippen molar-refractivity contribution in [1.29, 1.82) is 0 Å². The molecule has 0 aromatic heterocycles. The Morgan fingerprint density at radius 3 is 2.26 bits per heavy atom. The van der Waals surface area contributed by atoms with Crippen LogP contribution < -0.4 is 5.32 Å². The fourth-order valence-electron chi connectivity index (χ4n) is 1.60. The number of nitrogens with zero attached hydrogens (tertiary/aromatic N) is 1. The van der Waals surface area contributed by atoms with E-state index in [4.69, 9.17) is 4.74 Å². The summed E-state index contributed by atoms with van der Waals surface area (Å²) in [6, 6.07) is 0. The van der Waals surface area contributed by atoms with E-state index in [2.05, 4.69) is 5.32 Å². The predicted octanol–water partition coefficient (Wildman–Crippen LogP) is 1.80. The van der Waals surface area contributed by atoms with Crippen molar-refractivity contribution in [3.63, 3.8) is 0 Å². The summed E-state index contributed by atoms with van der Waals surface area (Å²) in [5.74, 6) is -0.444. The van der Waals surface area contributed by atoms with Gasteiger partial charge in [-0.15, -0.1) is 0 Å². The molecule has 0 aliphatic rings. The lowest BCUT2D eigenvalue weighted by Gasteiger charge is -2.30. The van der Waals surface area contributed by atoms with Crippen molar-refractivity contribution >= 4 is 5.97 Å². The summed E-state index contributed by atoms with van der Waals surface area (Å²) >= 11 is 0. The average Bonchev–Trinajstić information content (AvgIpc) is 2.32. The molecule has 0 aliphatic heterocycles. The number of carbonyl (C=O) groups excluding carboxylic acids is 1. The molecule has 4 nitrogen and oxygen atoms in total. The van der Waals surface area contributed by atoms with Crippen LogP contribution in [0.5, 0.6) is 0 Å². The SMILES string of the molecule is CCOC(=O)C(C)(CCN(CC)CC(F)(F)F)NC. The first-order valence-corrected chi connectivity index (χ1v) is 6.33. The predicted molar refractivity (Wildman–Crippen MR) is 66.9 cm³/mol. The van der Waals surface area contributed by atoms with E-state index in [1.165, 1.54) is 4.90 Å². The van der Waals surface area contributed by atoms with Crippen molar-refractivity contribution in [3.8, 4) is 0 Å². The maximum absolute atomic E-state index is 12.3. The third-order valence-corrected chi connectivity index (χ3v) is 3.06. The second kappa shape index (κ2) is 7.69. The third kappa shape index (κ3) is 6.77. The quantitative estimate of drug-likeness (QED) is 0.690. The van der Waals surface area contributed by atoms with E-state index in [1.807, 2.05) is 0 Å². The fourth-order valence-corrected chi connectivity index (χ4v) is 1.60. The van der Waals surface area contributed by atoms with E-state index in [0.29, 0.717) is 0 Å². The fraction of sp³-hybridized carbons (Fsp3) is 0.917. The molecule has 0 fully saturated rings. The molecule has 0 aromatic rings. The molecule has 0 bridgehead atoms. The molecule has 0 aromatic carbocycles. The van der Waals surface area contributed by atoms with Crippen LogP contribution in [0.4, 0.5) is 13.2 Å². The van der Waals surface area contributed by atoms with Gasteiger partial charge < -0.3 is 10.1 Å². The van der Waals surface area contributed by atoms with E-state index in [0.717, 1.165) is 0 Å². The van der Waals surface area contributed by atoms with Gasteiger partial charge >= 0.3 is 12.1 Å². The van der Waals surface area contributed by atoms with Gasteiger partial charge in [-0.05, 0) is 33.9 Å². The Balaban J connectivity index is 4.50. The number of esters is 1. The van der Waals surface area contributed by atoms with Crippen molar-refractivity contribution in [2.75, 3.05) is 33.3 Å². The van der Waals surface area contributed by atoms with E-state index < -0.39 is 24.2 Å². The van der Waals surface area contributed by atoms with E-state index >= 15 is 0 Å². The molecule has 1 unspecified atom stereocenters. The van der Waals surface area contributed by atoms with Crippen LogP contribution in [0.2, 0.25) is 0 Å². The molecule has 0 saturated carbocycles. The van der Waals surface area contributed by atoms with Crippen LogP contribution in [-0.2, 0) is 9.53 Å². The number of hydrogen-bond acceptors (Lipinski definition) is 4. The number of rotatable bonds is 8. The number of ether oxygens (including phenoxy) is 1. The lowest BCUT2D eigenvalue weighted by molar-refractivity contribution is -0.152. The van der Waals surface area contributed by atoms with Crippen molar-refractivity contribution < 1.29 is 22.7 Å². The molecule has 0 saturated heterocycles. The first-order chi connectivity index (χ1) is 8.68. The highest BCUT2D eigenvalue weighted by molar-refractivity contribution is 5.80. The van der Waals surface area contributed by atoms with Crippen LogP contribution in [-0.4, -0.2) is 55.9 Å². The summed E-state index contributed by atoms with van der Waals surface area (Å²) in [4.78, 5) is 13.0. The van der Waals surface area contributed by atoms with Crippen molar-refractivity contribution in [2.45, 2.75) is 38.9 Å². The maximum Gasteiger partial charge on any atom is 0.401 e. The Labute approximate surface area is 112 Å². The van der Waals surface area contributed by atoms with Gasteiger partial charge in [0, 0.05) is 6.54 Å².